The van der Waals surface area contributed by atoms with Crippen molar-refractivity contribution in [2.24, 2.45) is 7.05 Å². The van der Waals surface area contributed by atoms with E-state index in [0.717, 1.165) is 0 Å². The van der Waals surface area contributed by atoms with Crippen LogP contribution in [0.25, 0.3) is 0 Å². The number of nitrogens with zero attached hydrogens (tertiary/aromatic N) is 4. The maximum Gasteiger partial charge on any atom is 0.270 e. The van der Waals surface area contributed by atoms with Gasteiger partial charge in [0.25, 0.3) is 5.91 Å². The summed E-state index contributed by atoms with van der Waals surface area (Å²) in [5.74, 6) is -0.274. The van der Waals surface area contributed by atoms with E-state index in [-0.39, 0.29) is 23.1 Å². The molecule has 1 saturated heterocycles. The minimum Gasteiger partial charge on any atom is -0.345 e. The highest BCUT2D eigenvalue weighted by Gasteiger charge is 2.27. The Kier molecular flexibility index (Phi) is 5.80. The van der Waals surface area contributed by atoms with Crippen molar-refractivity contribution >= 4 is 21.8 Å². The molecule has 2 aromatic heterocycles. The minimum absolute atomic E-state index is 0.0212. The van der Waals surface area contributed by atoms with E-state index in [2.05, 4.69) is 9.71 Å². The summed E-state index contributed by atoms with van der Waals surface area (Å²) >= 11 is 0. The van der Waals surface area contributed by atoms with Gasteiger partial charge in [0.05, 0.1) is 6.42 Å². The molecule has 150 valence electrons. The van der Waals surface area contributed by atoms with Crippen molar-refractivity contribution in [1.82, 2.24) is 24.1 Å². The molecule has 0 aliphatic carbocycles. The summed E-state index contributed by atoms with van der Waals surface area (Å²) in [7, 11) is -0.656. The van der Waals surface area contributed by atoms with E-state index in [9.17, 15) is 18.0 Å². The van der Waals surface area contributed by atoms with E-state index in [4.69, 9.17) is 0 Å². The number of hydrogen-bond donors (Lipinski definition) is 1. The Hall–Kier alpha value is -2.72. The van der Waals surface area contributed by atoms with Crippen molar-refractivity contribution in [2.45, 2.75) is 11.3 Å². The van der Waals surface area contributed by atoms with Crippen LogP contribution in [0.4, 0.5) is 0 Å². The van der Waals surface area contributed by atoms with Crippen LogP contribution in [0.2, 0.25) is 0 Å². The summed E-state index contributed by atoms with van der Waals surface area (Å²) in [5.41, 5.74) is 1.01. The molecule has 0 atom stereocenters. The predicted molar refractivity (Wildman–Crippen MR) is 102 cm³/mol. The topological polar surface area (TPSA) is 105 Å². The molecule has 28 heavy (non-hydrogen) atoms. The lowest BCUT2D eigenvalue weighted by Crippen LogP contribution is -2.51. The van der Waals surface area contributed by atoms with Gasteiger partial charge in [-0.15, -0.1) is 0 Å². The molecule has 3 heterocycles. The molecule has 1 fully saturated rings. The molecule has 0 bridgehead atoms. The lowest BCUT2D eigenvalue weighted by Gasteiger charge is -2.34. The predicted octanol–water partition coefficient (Wildman–Crippen LogP) is -0.145. The van der Waals surface area contributed by atoms with Gasteiger partial charge in [0.15, 0.2) is 0 Å². The normalized spacial score (nSPS) is 14.9. The van der Waals surface area contributed by atoms with Crippen molar-refractivity contribution in [3.8, 4) is 0 Å². The van der Waals surface area contributed by atoms with Gasteiger partial charge in [0.2, 0.25) is 15.9 Å². The average Bonchev–Trinajstić information content (AvgIpc) is 3.11. The lowest BCUT2D eigenvalue weighted by atomic mass is 10.2. The van der Waals surface area contributed by atoms with Crippen molar-refractivity contribution in [3.05, 3.63) is 48.0 Å². The Morgan fingerprint density at radius 2 is 1.82 bits per heavy atom. The second kappa shape index (κ2) is 8.11. The largest absolute Gasteiger partial charge is 0.345 e. The van der Waals surface area contributed by atoms with E-state index in [1.54, 1.807) is 29.1 Å². The van der Waals surface area contributed by atoms with Crippen LogP contribution in [-0.2, 0) is 28.3 Å². The lowest BCUT2D eigenvalue weighted by molar-refractivity contribution is -0.132. The summed E-state index contributed by atoms with van der Waals surface area (Å²) in [5, 5.41) is 0. The standard InChI is InChI=1S/C18H23N5O4S/c1-19-28(26,27)15-12-16(21(2)13-15)18(25)23-9-7-22(8-10-23)17(24)11-14-5-3-4-6-20-14/h3-6,12-13,19H,7-11H2,1-2H3. The van der Waals surface area contributed by atoms with Crippen molar-refractivity contribution < 1.29 is 18.0 Å². The Balaban J connectivity index is 1.62. The molecule has 2 aromatic rings. The molecule has 0 aromatic carbocycles. The average molecular weight is 405 g/mol. The number of piperazine rings is 1. The molecule has 0 unspecified atom stereocenters. The highest BCUT2D eigenvalue weighted by Crippen LogP contribution is 2.16. The third kappa shape index (κ3) is 4.23. The van der Waals surface area contributed by atoms with Gasteiger partial charge in [-0.05, 0) is 25.2 Å². The molecule has 0 spiro atoms. The Morgan fingerprint density at radius 3 is 2.43 bits per heavy atom. The minimum atomic E-state index is -3.61. The number of carbonyl (C=O) groups excluding carboxylic acids is 2. The Bertz CT molecular complexity index is 963. The maximum atomic E-state index is 12.8. The van der Waals surface area contributed by atoms with Gasteiger partial charge in [-0.3, -0.25) is 14.6 Å². The van der Waals surface area contributed by atoms with Crippen LogP contribution in [0.1, 0.15) is 16.2 Å². The molecule has 0 radical (unpaired) electrons. The molecule has 2 amide bonds. The van der Waals surface area contributed by atoms with Crippen LogP contribution < -0.4 is 4.72 Å². The highest BCUT2D eigenvalue weighted by molar-refractivity contribution is 7.89. The monoisotopic (exact) mass is 405 g/mol. The molecular weight excluding hydrogens is 382 g/mol. The van der Waals surface area contributed by atoms with Gasteiger partial charge in [-0.25, -0.2) is 13.1 Å². The van der Waals surface area contributed by atoms with Crippen LogP contribution in [0, 0.1) is 0 Å². The van der Waals surface area contributed by atoms with Crippen LogP contribution in [0.15, 0.2) is 41.6 Å². The third-order valence-corrected chi connectivity index (χ3v) is 6.14. The zero-order chi connectivity index (χ0) is 20.3. The number of rotatable bonds is 5. The van der Waals surface area contributed by atoms with Gasteiger partial charge in [0.1, 0.15) is 10.6 Å². The van der Waals surface area contributed by atoms with E-state index >= 15 is 0 Å². The van der Waals surface area contributed by atoms with Crippen molar-refractivity contribution in [3.63, 3.8) is 0 Å². The molecule has 1 aliphatic rings. The third-order valence-electron chi connectivity index (χ3n) is 4.76. The fourth-order valence-corrected chi connectivity index (χ4v) is 3.90. The molecule has 1 aliphatic heterocycles. The first-order valence-electron chi connectivity index (χ1n) is 8.88. The number of pyridine rings is 1. The van der Waals surface area contributed by atoms with Gasteiger partial charge < -0.3 is 14.4 Å². The van der Waals surface area contributed by atoms with Crippen molar-refractivity contribution in [1.29, 1.82) is 0 Å². The summed E-state index contributed by atoms with van der Waals surface area (Å²) in [6.07, 6.45) is 3.30. The summed E-state index contributed by atoms with van der Waals surface area (Å²) in [6.45, 7) is 1.66. The molecular formula is C18H23N5O4S. The summed E-state index contributed by atoms with van der Waals surface area (Å²) in [6, 6.07) is 6.82. The Labute approximate surface area is 164 Å². The van der Waals surface area contributed by atoms with Gasteiger partial charge in [-0.1, -0.05) is 6.07 Å². The number of aromatic nitrogens is 2. The maximum absolute atomic E-state index is 12.8. The zero-order valence-electron chi connectivity index (χ0n) is 15.8. The molecule has 0 saturated carbocycles. The number of sulfonamides is 1. The summed E-state index contributed by atoms with van der Waals surface area (Å²) in [4.78, 5) is 32.8. The van der Waals surface area contributed by atoms with E-state index in [1.807, 2.05) is 12.1 Å². The SMILES string of the molecule is CNS(=O)(=O)c1cc(C(=O)N2CCN(C(=O)Cc3ccccn3)CC2)n(C)c1. The first-order chi connectivity index (χ1) is 13.3. The summed E-state index contributed by atoms with van der Waals surface area (Å²) < 4.78 is 27.6. The van der Waals surface area contributed by atoms with E-state index in [1.165, 1.54) is 23.9 Å². The van der Waals surface area contributed by atoms with Gasteiger partial charge >= 0.3 is 0 Å². The van der Waals surface area contributed by atoms with Crippen LogP contribution in [0.5, 0.6) is 0 Å². The van der Waals surface area contributed by atoms with Gasteiger partial charge in [0, 0.05) is 51.3 Å². The first kappa shape index (κ1) is 20.0. The quantitative estimate of drug-likeness (QED) is 0.745. The number of nitrogens with one attached hydrogen (secondary N) is 1. The van der Waals surface area contributed by atoms with E-state index < -0.39 is 10.0 Å². The van der Waals surface area contributed by atoms with Crippen LogP contribution >= 0.6 is 0 Å². The van der Waals surface area contributed by atoms with Crippen LogP contribution in [0.3, 0.4) is 0 Å². The molecule has 9 nitrogen and oxygen atoms in total. The van der Waals surface area contributed by atoms with Crippen molar-refractivity contribution in [2.75, 3.05) is 33.2 Å². The Morgan fingerprint density at radius 1 is 1.14 bits per heavy atom. The second-order valence-electron chi connectivity index (χ2n) is 6.55. The fraction of sp³-hybridized carbons (Fsp3) is 0.389. The van der Waals surface area contributed by atoms with Crippen LogP contribution in [-0.4, -0.2) is 72.8 Å². The number of hydrogen-bond acceptors (Lipinski definition) is 5. The fourth-order valence-electron chi connectivity index (χ4n) is 3.10. The first-order valence-corrected chi connectivity index (χ1v) is 10.4. The number of aryl methyl sites for hydroxylation is 1. The van der Waals surface area contributed by atoms with Gasteiger partial charge in [-0.2, -0.15) is 0 Å². The highest BCUT2D eigenvalue weighted by atomic mass is 32.2. The molecule has 3 rings (SSSR count). The zero-order valence-corrected chi connectivity index (χ0v) is 16.6. The molecule has 1 N–H and O–H groups in total. The molecule has 10 heteroatoms. The number of carbonyl (C=O) groups is 2. The smallest absolute Gasteiger partial charge is 0.270 e. The number of amides is 2. The second-order valence-corrected chi connectivity index (χ2v) is 8.44. The van der Waals surface area contributed by atoms with E-state index in [0.29, 0.717) is 37.6 Å².